The minimum Gasteiger partial charge on any atom is -0.354 e. The number of hydrogen-bond donors (Lipinski definition) is 0. The van der Waals surface area contributed by atoms with Crippen molar-refractivity contribution < 1.29 is 0 Å². The van der Waals surface area contributed by atoms with Crippen LogP contribution < -0.4 is 4.90 Å². The molecule has 3 heteroatoms. The maximum Gasteiger partial charge on any atom is 0.129 e. The summed E-state index contributed by atoms with van der Waals surface area (Å²) in [6, 6.07) is 4.94. The van der Waals surface area contributed by atoms with Gasteiger partial charge in [0.05, 0.1) is 5.69 Å². The Morgan fingerprint density at radius 3 is 2.88 bits per heavy atom. The van der Waals surface area contributed by atoms with Crippen molar-refractivity contribution in [1.29, 1.82) is 0 Å². The van der Waals surface area contributed by atoms with E-state index in [0.29, 0.717) is 6.04 Å². The Morgan fingerprint density at radius 2 is 2.18 bits per heavy atom. The Labute approximate surface area is 113 Å². The predicted octanol–water partition coefficient (Wildman–Crippen LogP) is 4.31. The summed E-state index contributed by atoms with van der Waals surface area (Å²) < 4.78 is 1.10. The Balaban J connectivity index is 2.25. The summed E-state index contributed by atoms with van der Waals surface area (Å²) in [6.07, 6.45) is 6.56. The molecule has 94 valence electrons. The lowest BCUT2D eigenvalue weighted by Gasteiger charge is -2.30. The molecule has 2 rings (SSSR count). The molecule has 1 aromatic rings. The Hall–Kier alpha value is -0.570. The van der Waals surface area contributed by atoms with Gasteiger partial charge in [0.2, 0.25) is 0 Å². The van der Waals surface area contributed by atoms with E-state index in [4.69, 9.17) is 4.98 Å². The number of pyridine rings is 1. The van der Waals surface area contributed by atoms with Gasteiger partial charge in [-0.3, -0.25) is 0 Å². The van der Waals surface area contributed by atoms with Crippen molar-refractivity contribution in [3.8, 4) is 0 Å². The largest absolute Gasteiger partial charge is 0.354 e. The Kier molecular flexibility index (Phi) is 4.43. The van der Waals surface area contributed by atoms with Crippen LogP contribution in [0.4, 0.5) is 5.82 Å². The maximum atomic E-state index is 4.72. The Morgan fingerprint density at radius 1 is 1.35 bits per heavy atom. The molecule has 0 bridgehead atoms. The molecule has 2 nitrogen and oxygen atoms in total. The molecule has 0 radical (unpaired) electrons. The van der Waals surface area contributed by atoms with E-state index in [0.717, 1.165) is 22.5 Å². The van der Waals surface area contributed by atoms with Crippen molar-refractivity contribution in [2.24, 2.45) is 0 Å². The summed E-state index contributed by atoms with van der Waals surface area (Å²) in [5.41, 5.74) is 1.08. The third kappa shape index (κ3) is 3.01. The first-order chi connectivity index (χ1) is 8.22. The summed E-state index contributed by atoms with van der Waals surface area (Å²) in [5, 5.41) is 0. The number of halogens is 1. The lowest BCUT2D eigenvalue weighted by Crippen LogP contribution is -2.35. The number of aryl methyl sites for hydroxylation is 1. The van der Waals surface area contributed by atoms with Crippen LogP contribution in [0.15, 0.2) is 16.6 Å². The molecule has 0 aromatic carbocycles. The average molecular weight is 297 g/mol. The quantitative estimate of drug-likeness (QED) is 0.808. The fraction of sp³-hybridized carbons (Fsp3) is 0.643. The molecule has 0 saturated carbocycles. The van der Waals surface area contributed by atoms with Gasteiger partial charge < -0.3 is 4.90 Å². The van der Waals surface area contributed by atoms with E-state index in [1.807, 2.05) is 0 Å². The molecular formula is C14H21BrN2. The van der Waals surface area contributed by atoms with E-state index < -0.39 is 0 Å². The second-order valence-corrected chi connectivity index (χ2v) is 5.70. The molecule has 0 spiro atoms. The standard InChI is InChI=1S/C14H21BrN2/c1-3-12-7-5-4-6-10-17(12)14-9-8-13(15)11(2)16-14/h8-9,12H,3-7,10H2,1-2H3. The SMILES string of the molecule is CCC1CCCCCN1c1ccc(Br)c(C)n1. The summed E-state index contributed by atoms with van der Waals surface area (Å²) in [5.74, 6) is 1.15. The van der Waals surface area contributed by atoms with E-state index in [1.165, 1.54) is 32.1 Å². The molecule has 1 aliphatic heterocycles. The van der Waals surface area contributed by atoms with Crippen molar-refractivity contribution in [3.63, 3.8) is 0 Å². The van der Waals surface area contributed by atoms with E-state index >= 15 is 0 Å². The molecule has 0 aliphatic carbocycles. The summed E-state index contributed by atoms with van der Waals surface area (Å²) >= 11 is 3.52. The monoisotopic (exact) mass is 296 g/mol. The number of rotatable bonds is 2. The van der Waals surface area contributed by atoms with Crippen LogP contribution in [0.1, 0.15) is 44.7 Å². The molecule has 1 fully saturated rings. The van der Waals surface area contributed by atoms with Gasteiger partial charge in [-0.2, -0.15) is 0 Å². The van der Waals surface area contributed by atoms with Crippen molar-refractivity contribution >= 4 is 21.7 Å². The van der Waals surface area contributed by atoms with Gasteiger partial charge in [0.1, 0.15) is 5.82 Å². The third-order valence-electron chi connectivity index (χ3n) is 3.65. The van der Waals surface area contributed by atoms with Gasteiger partial charge in [0.15, 0.2) is 0 Å². The molecule has 1 aliphatic rings. The highest BCUT2D eigenvalue weighted by atomic mass is 79.9. The van der Waals surface area contributed by atoms with Crippen molar-refractivity contribution in [1.82, 2.24) is 4.98 Å². The molecule has 2 heterocycles. The summed E-state index contributed by atoms with van der Waals surface area (Å²) in [4.78, 5) is 7.22. The van der Waals surface area contributed by atoms with Gasteiger partial charge in [-0.05, 0) is 54.2 Å². The first-order valence-corrected chi connectivity index (χ1v) is 7.41. The molecule has 0 amide bonds. The first-order valence-electron chi connectivity index (χ1n) is 6.62. The highest BCUT2D eigenvalue weighted by molar-refractivity contribution is 9.10. The predicted molar refractivity (Wildman–Crippen MR) is 76.6 cm³/mol. The van der Waals surface area contributed by atoms with Crippen LogP contribution in [-0.2, 0) is 0 Å². The fourth-order valence-electron chi connectivity index (χ4n) is 2.59. The molecule has 1 unspecified atom stereocenters. The molecule has 1 aromatic heterocycles. The zero-order chi connectivity index (χ0) is 12.3. The van der Waals surface area contributed by atoms with Crippen LogP contribution >= 0.6 is 15.9 Å². The average Bonchev–Trinajstić information content (AvgIpc) is 2.57. The highest BCUT2D eigenvalue weighted by Gasteiger charge is 2.20. The van der Waals surface area contributed by atoms with Crippen molar-refractivity contribution in [2.75, 3.05) is 11.4 Å². The molecular weight excluding hydrogens is 276 g/mol. The topological polar surface area (TPSA) is 16.1 Å². The number of hydrogen-bond acceptors (Lipinski definition) is 2. The van der Waals surface area contributed by atoms with Crippen LogP contribution in [0.2, 0.25) is 0 Å². The minimum absolute atomic E-state index is 0.672. The first kappa shape index (κ1) is 12.9. The van der Waals surface area contributed by atoms with Crippen LogP contribution in [0.5, 0.6) is 0 Å². The zero-order valence-corrected chi connectivity index (χ0v) is 12.3. The van der Waals surface area contributed by atoms with E-state index in [1.54, 1.807) is 0 Å². The van der Waals surface area contributed by atoms with Gasteiger partial charge in [0.25, 0.3) is 0 Å². The van der Waals surface area contributed by atoms with Gasteiger partial charge in [0, 0.05) is 17.1 Å². The van der Waals surface area contributed by atoms with Crippen LogP contribution in [0.3, 0.4) is 0 Å². The second-order valence-electron chi connectivity index (χ2n) is 4.84. The summed E-state index contributed by atoms with van der Waals surface area (Å²) in [6.45, 7) is 5.51. The smallest absolute Gasteiger partial charge is 0.129 e. The molecule has 1 saturated heterocycles. The second kappa shape index (κ2) is 5.85. The lowest BCUT2D eigenvalue weighted by molar-refractivity contribution is 0.552. The van der Waals surface area contributed by atoms with Crippen LogP contribution in [-0.4, -0.2) is 17.6 Å². The van der Waals surface area contributed by atoms with Gasteiger partial charge in [-0.15, -0.1) is 0 Å². The van der Waals surface area contributed by atoms with E-state index in [-0.39, 0.29) is 0 Å². The van der Waals surface area contributed by atoms with E-state index in [2.05, 4.69) is 46.8 Å². The Bertz CT molecular complexity index is 378. The van der Waals surface area contributed by atoms with Crippen molar-refractivity contribution in [2.45, 2.75) is 52.0 Å². The zero-order valence-electron chi connectivity index (χ0n) is 10.7. The highest BCUT2D eigenvalue weighted by Crippen LogP contribution is 2.26. The number of aromatic nitrogens is 1. The fourth-order valence-corrected chi connectivity index (χ4v) is 2.82. The normalized spacial score (nSPS) is 21.4. The molecule has 1 atom stereocenters. The minimum atomic E-state index is 0.672. The maximum absolute atomic E-state index is 4.72. The van der Waals surface area contributed by atoms with Crippen molar-refractivity contribution in [3.05, 3.63) is 22.3 Å². The van der Waals surface area contributed by atoms with Crippen LogP contribution in [0.25, 0.3) is 0 Å². The third-order valence-corrected chi connectivity index (χ3v) is 4.49. The van der Waals surface area contributed by atoms with Gasteiger partial charge >= 0.3 is 0 Å². The number of nitrogens with zero attached hydrogens (tertiary/aromatic N) is 2. The number of anilines is 1. The molecule has 17 heavy (non-hydrogen) atoms. The molecule has 0 N–H and O–H groups in total. The van der Waals surface area contributed by atoms with Gasteiger partial charge in [-0.25, -0.2) is 4.98 Å². The van der Waals surface area contributed by atoms with Crippen LogP contribution in [0, 0.1) is 6.92 Å². The van der Waals surface area contributed by atoms with Gasteiger partial charge in [-0.1, -0.05) is 19.8 Å². The lowest BCUT2D eigenvalue weighted by atomic mass is 10.1. The summed E-state index contributed by atoms with van der Waals surface area (Å²) in [7, 11) is 0. The van der Waals surface area contributed by atoms with E-state index in [9.17, 15) is 0 Å².